The van der Waals surface area contributed by atoms with Crippen LogP contribution >= 0.6 is 0 Å². The summed E-state index contributed by atoms with van der Waals surface area (Å²) in [4.78, 5) is 14.6. The molecule has 1 aromatic carbocycles. The molecule has 36 heavy (non-hydrogen) atoms. The number of methoxy groups -OCH3 is 1. The monoisotopic (exact) mass is 493 g/mol. The van der Waals surface area contributed by atoms with Gasteiger partial charge >= 0.3 is 6.18 Å². The first-order valence-corrected chi connectivity index (χ1v) is 11.1. The highest BCUT2D eigenvalue weighted by Crippen LogP contribution is 2.41. The number of nitrogens with one attached hydrogen (secondary N) is 1. The average molecular weight is 493 g/mol. The summed E-state index contributed by atoms with van der Waals surface area (Å²) >= 11 is 0. The molecule has 4 aromatic rings. The van der Waals surface area contributed by atoms with Crippen molar-refractivity contribution < 1.29 is 17.9 Å². The highest BCUT2D eigenvalue weighted by atomic mass is 19.4. The van der Waals surface area contributed by atoms with Crippen molar-refractivity contribution in [2.45, 2.75) is 25.9 Å². The number of hydrogen-bond acceptors (Lipinski definition) is 7. The van der Waals surface area contributed by atoms with Crippen LogP contribution in [-0.2, 0) is 26.1 Å². The Morgan fingerprint density at radius 2 is 1.86 bits per heavy atom. The highest BCUT2D eigenvalue weighted by molar-refractivity contribution is 5.95. The van der Waals surface area contributed by atoms with E-state index in [0.717, 1.165) is 23.0 Å². The summed E-state index contributed by atoms with van der Waals surface area (Å²) in [5.41, 5.74) is 5.05. The Kier molecular flexibility index (Phi) is 5.91. The summed E-state index contributed by atoms with van der Waals surface area (Å²) in [5.74, 6) is 0.573. The number of hydrogen-bond donors (Lipinski definition) is 1. The molecule has 1 aliphatic heterocycles. The number of pyridine rings is 2. The third kappa shape index (κ3) is 4.64. The van der Waals surface area contributed by atoms with Crippen molar-refractivity contribution in [1.82, 2.24) is 25.0 Å². The number of ether oxygens (including phenoxy) is 1. The first-order valence-electron chi connectivity index (χ1n) is 11.1. The van der Waals surface area contributed by atoms with Crippen molar-refractivity contribution in [3.8, 4) is 17.0 Å². The molecule has 0 bridgehead atoms. The molecular weight excluding hydrogens is 471 g/mol. The molecular formula is C25H22F3N7O. The Morgan fingerprint density at radius 3 is 2.58 bits per heavy atom. The Balaban J connectivity index is 1.53. The van der Waals surface area contributed by atoms with Crippen LogP contribution in [0.2, 0.25) is 0 Å². The molecule has 11 heteroatoms. The lowest BCUT2D eigenvalue weighted by molar-refractivity contribution is -0.141. The molecule has 3 aromatic heterocycles. The summed E-state index contributed by atoms with van der Waals surface area (Å²) < 4.78 is 45.1. The van der Waals surface area contributed by atoms with Crippen molar-refractivity contribution >= 4 is 22.8 Å². The number of aliphatic imine (C=N–C) groups is 1. The third-order valence-corrected chi connectivity index (χ3v) is 5.67. The molecule has 0 saturated carbocycles. The molecule has 184 valence electrons. The van der Waals surface area contributed by atoms with Crippen LogP contribution in [0.5, 0.6) is 5.75 Å². The Morgan fingerprint density at radius 1 is 1.06 bits per heavy atom. The first-order chi connectivity index (χ1) is 17.2. The second-order valence-corrected chi connectivity index (χ2v) is 8.40. The molecule has 0 unspecified atom stereocenters. The molecule has 1 aliphatic rings. The zero-order valence-electron chi connectivity index (χ0n) is 19.8. The molecule has 0 spiro atoms. The Hall–Kier alpha value is -4.28. The Labute approximate surface area is 204 Å². The van der Waals surface area contributed by atoms with E-state index in [1.807, 2.05) is 25.1 Å². The molecule has 0 amide bonds. The predicted octanol–water partition coefficient (Wildman–Crippen LogP) is 5.28. The van der Waals surface area contributed by atoms with E-state index in [1.165, 1.54) is 10.9 Å². The fraction of sp³-hybridized carbons (Fsp3) is 0.240. The van der Waals surface area contributed by atoms with Gasteiger partial charge in [0.25, 0.3) is 0 Å². The van der Waals surface area contributed by atoms with Gasteiger partial charge in [-0.3, -0.25) is 9.98 Å². The van der Waals surface area contributed by atoms with Crippen molar-refractivity contribution in [1.29, 1.82) is 0 Å². The maximum Gasteiger partial charge on any atom is 0.433 e. The number of halogens is 3. The molecule has 1 N–H and O–H groups in total. The summed E-state index contributed by atoms with van der Waals surface area (Å²) in [5, 5.41) is 11.9. The maximum atomic E-state index is 13.1. The van der Waals surface area contributed by atoms with E-state index in [-0.39, 0.29) is 12.1 Å². The van der Waals surface area contributed by atoms with Gasteiger partial charge in [0.15, 0.2) is 5.75 Å². The van der Waals surface area contributed by atoms with Crippen LogP contribution < -0.4 is 10.1 Å². The van der Waals surface area contributed by atoms with E-state index >= 15 is 0 Å². The number of nitrogens with zero attached hydrogens (tertiary/aromatic N) is 6. The van der Waals surface area contributed by atoms with Gasteiger partial charge in [0.1, 0.15) is 17.1 Å². The van der Waals surface area contributed by atoms with Crippen molar-refractivity contribution in [3.05, 3.63) is 71.4 Å². The van der Waals surface area contributed by atoms with Crippen LogP contribution in [0, 0.1) is 0 Å². The minimum atomic E-state index is -4.51. The molecule has 0 atom stereocenters. The summed E-state index contributed by atoms with van der Waals surface area (Å²) in [6, 6.07) is 11.3. The van der Waals surface area contributed by atoms with Crippen molar-refractivity contribution in [2.24, 2.45) is 12.0 Å². The summed E-state index contributed by atoms with van der Waals surface area (Å²) in [6.07, 6.45) is -2.16. The van der Waals surface area contributed by atoms with Crippen LogP contribution in [0.15, 0.2) is 53.7 Å². The first kappa shape index (κ1) is 23.5. The lowest BCUT2D eigenvalue weighted by Gasteiger charge is -2.16. The van der Waals surface area contributed by atoms with Crippen molar-refractivity contribution in [3.63, 3.8) is 0 Å². The van der Waals surface area contributed by atoms with E-state index in [2.05, 4.69) is 30.5 Å². The number of aryl methyl sites for hydroxylation is 1. The highest BCUT2D eigenvalue weighted by Gasteiger charge is 2.32. The van der Waals surface area contributed by atoms with Gasteiger partial charge in [0.2, 0.25) is 0 Å². The van der Waals surface area contributed by atoms with Crippen LogP contribution in [0.25, 0.3) is 11.3 Å². The van der Waals surface area contributed by atoms with Crippen LogP contribution in [-0.4, -0.2) is 37.8 Å². The summed E-state index contributed by atoms with van der Waals surface area (Å²) in [6.45, 7) is 1.91. The minimum Gasteiger partial charge on any atom is -0.494 e. The van der Waals surface area contributed by atoms with Crippen molar-refractivity contribution in [2.75, 3.05) is 12.4 Å². The smallest absolute Gasteiger partial charge is 0.433 e. The van der Waals surface area contributed by atoms with Gasteiger partial charge in [0.05, 0.1) is 30.4 Å². The fourth-order valence-corrected chi connectivity index (χ4v) is 4.15. The number of alkyl halides is 3. The predicted molar refractivity (Wildman–Crippen MR) is 129 cm³/mol. The van der Waals surface area contributed by atoms with Gasteiger partial charge in [0, 0.05) is 42.6 Å². The summed E-state index contributed by atoms with van der Waals surface area (Å²) in [7, 11) is 3.31. The van der Waals surface area contributed by atoms with E-state index in [1.54, 1.807) is 32.5 Å². The fourth-order valence-electron chi connectivity index (χ4n) is 4.15. The van der Waals surface area contributed by atoms with Crippen LogP contribution in [0.4, 0.5) is 30.2 Å². The maximum absolute atomic E-state index is 13.1. The molecule has 0 saturated heterocycles. The minimum absolute atomic E-state index is 0.141. The van der Waals surface area contributed by atoms with Gasteiger partial charge in [-0.05, 0) is 37.3 Å². The van der Waals surface area contributed by atoms with E-state index in [9.17, 15) is 13.2 Å². The molecule has 5 rings (SSSR count). The normalized spacial score (nSPS) is 12.9. The quantitative estimate of drug-likeness (QED) is 0.393. The molecule has 4 heterocycles. The van der Waals surface area contributed by atoms with E-state index < -0.39 is 11.9 Å². The lowest BCUT2D eigenvalue weighted by Crippen LogP contribution is -2.10. The lowest BCUT2D eigenvalue weighted by atomic mass is 10.1. The molecule has 0 fully saturated rings. The van der Waals surface area contributed by atoms with Gasteiger partial charge in [-0.15, -0.1) is 0 Å². The standard InChI is InChI=1S/C25H22F3N7O/c1-14-10-19-23(30-14)20(12-16(31-19)11-15-6-4-9-22(32-15)25(26,27)28)33-18-8-5-7-17(24(18)36-3)21-13-29-35(2)34-21/h4-9,12-13H,10-11H2,1-3H3,(H,31,33). The topological polar surface area (TPSA) is 90.1 Å². The second-order valence-electron chi connectivity index (χ2n) is 8.40. The molecule has 0 radical (unpaired) electrons. The number of aromatic nitrogens is 5. The zero-order chi connectivity index (χ0) is 25.4. The Bertz CT molecular complexity index is 1480. The zero-order valence-corrected chi connectivity index (χ0v) is 19.8. The van der Waals surface area contributed by atoms with E-state index in [4.69, 9.17) is 4.74 Å². The number of rotatable bonds is 6. The van der Waals surface area contributed by atoms with Gasteiger partial charge in [-0.1, -0.05) is 12.1 Å². The molecule has 0 aliphatic carbocycles. The average Bonchev–Trinajstić information content (AvgIpc) is 3.43. The molecule has 8 nitrogen and oxygen atoms in total. The second kappa shape index (κ2) is 9.06. The number of anilines is 2. The SMILES string of the molecule is COc1c(Nc2cc(Cc3cccc(C(F)(F)F)n3)nc3c2N=C(C)C3)cccc1-c1cnn(C)n1. The van der Waals surface area contributed by atoms with Gasteiger partial charge < -0.3 is 10.1 Å². The number of benzene rings is 1. The van der Waals surface area contributed by atoms with Crippen LogP contribution in [0.1, 0.15) is 29.7 Å². The largest absolute Gasteiger partial charge is 0.494 e. The van der Waals surface area contributed by atoms with Gasteiger partial charge in [-0.25, -0.2) is 4.98 Å². The number of para-hydroxylation sites is 1. The third-order valence-electron chi connectivity index (χ3n) is 5.67. The van der Waals surface area contributed by atoms with Gasteiger partial charge in [-0.2, -0.15) is 28.2 Å². The number of fused-ring (bicyclic) bond motifs is 1. The van der Waals surface area contributed by atoms with Crippen LogP contribution in [0.3, 0.4) is 0 Å². The van der Waals surface area contributed by atoms with E-state index in [0.29, 0.717) is 40.6 Å².